The summed E-state index contributed by atoms with van der Waals surface area (Å²) in [6, 6.07) is 12.4. The molecule has 0 saturated heterocycles. The summed E-state index contributed by atoms with van der Waals surface area (Å²) < 4.78 is 0. The molecule has 0 spiro atoms. The molecule has 0 atom stereocenters. The van der Waals surface area contributed by atoms with E-state index in [2.05, 4.69) is 0 Å². The number of nitrogens with two attached hydrogens (primary N) is 1. The molecule has 0 saturated carbocycles. The van der Waals surface area contributed by atoms with E-state index in [9.17, 15) is 4.79 Å². The monoisotopic (exact) mass is 322 g/mol. The van der Waals surface area contributed by atoms with E-state index in [1.807, 2.05) is 31.2 Å². The first-order valence-corrected chi connectivity index (χ1v) is 7.35. The molecule has 2 rings (SSSR count). The van der Waals surface area contributed by atoms with Crippen molar-refractivity contribution in [3.8, 4) is 0 Å². The van der Waals surface area contributed by atoms with E-state index < -0.39 is 0 Å². The van der Waals surface area contributed by atoms with Gasteiger partial charge < -0.3 is 10.6 Å². The van der Waals surface area contributed by atoms with Crippen LogP contribution >= 0.6 is 23.2 Å². The van der Waals surface area contributed by atoms with Gasteiger partial charge in [0.05, 0.1) is 10.7 Å². The minimum absolute atomic E-state index is 0.0826. The lowest BCUT2D eigenvalue weighted by Crippen LogP contribution is -2.30. The number of rotatable bonds is 4. The predicted octanol–water partition coefficient (Wildman–Crippen LogP) is 4.24. The number of amides is 1. The van der Waals surface area contributed by atoms with Crippen molar-refractivity contribution >= 4 is 34.8 Å². The maximum atomic E-state index is 12.5. The maximum Gasteiger partial charge on any atom is 0.254 e. The van der Waals surface area contributed by atoms with Crippen molar-refractivity contribution in [1.82, 2.24) is 4.90 Å². The number of carbonyl (C=O) groups is 1. The molecule has 0 unspecified atom stereocenters. The summed E-state index contributed by atoms with van der Waals surface area (Å²) in [7, 11) is 0. The number of benzene rings is 2. The summed E-state index contributed by atoms with van der Waals surface area (Å²) in [6.07, 6.45) is 0. The van der Waals surface area contributed by atoms with Crippen LogP contribution in [0.1, 0.15) is 22.8 Å². The summed E-state index contributed by atoms with van der Waals surface area (Å²) in [4.78, 5) is 14.3. The first kappa shape index (κ1) is 15.7. The molecule has 110 valence electrons. The highest BCUT2D eigenvalue weighted by molar-refractivity contribution is 6.33. The molecule has 3 nitrogen and oxygen atoms in total. The molecular formula is C16H16Cl2N2O. The largest absolute Gasteiger partial charge is 0.398 e. The molecule has 0 radical (unpaired) electrons. The van der Waals surface area contributed by atoms with Gasteiger partial charge in [0.15, 0.2) is 0 Å². The Hall–Kier alpha value is -1.71. The highest BCUT2D eigenvalue weighted by Crippen LogP contribution is 2.21. The predicted molar refractivity (Wildman–Crippen MR) is 87.7 cm³/mol. The number of halogens is 2. The normalized spacial score (nSPS) is 10.4. The highest BCUT2D eigenvalue weighted by atomic mass is 35.5. The van der Waals surface area contributed by atoms with Gasteiger partial charge in [-0.05, 0) is 42.8 Å². The van der Waals surface area contributed by atoms with Gasteiger partial charge in [0, 0.05) is 23.7 Å². The lowest BCUT2D eigenvalue weighted by atomic mass is 10.1. The second-order valence-corrected chi connectivity index (χ2v) is 5.53. The minimum Gasteiger partial charge on any atom is -0.398 e. The lowest BCUT2D eigenvalue weighted by molar-refractivity contribution is 0.0752. The van der Waals surface area contributed by atoms with Crippen LogP contribution in [0.4, 0.5) is 5.69 Å². The number of carbonyl (C=O) groups excluding carboxylic acids is 1. The topological polar surface area (TPSA) is 46.3 Å². The number of hydrogen-bond donors (Lipinski definition) is 1. The first-order valence-electron chi connectivity index (χ1n) is 6.60. The van der Waals surface area contributed by atoms with E-state index in [1.54, 1.807) is 23.1 Å². The van der Waals surface area contributed by atoms with E-state index >= 15 is 0 Å². The Balaban J connectivity index is 2.20. The van der Waals surface area contributed by atoms with Crippen molar-refractivity contribution < 1.29 is 4.79 Å². The van der Waals surface area contributed by atoms with Gasteiger partial charge in [0.2, 0.25) is 0 Å². The molecule has 2 N–H and O–H groups in total. The average molecular weight is 323 g/mol. The van der Waals surface area contributed by atoms with Gasteiger partial charge >= 0.3 is 0 Å². The van der Waals surface area contributed by atoms with Gasteiger partial charge in [-0.15, -0.1) is 0 Å². The van der Waals surface area contributed by atoms with Crippen molar-refractivity contribution in [2.45, 2.75) is 13.5 Å². The molecule has 0 heterocycles. The molecule has 0 aliphatic heterocycles. The lowest BCUT2D eigenvalue weighted by Gasteiger charge is -2.21. The van der Waals surface area contributed by atoms with Crippen molar-refractivity contribution in [2.24, 2.45) is 0 Å². The third-order valence-corrected chi connectivity index (χ3v) is 3.75. The fraction of sp³-hybridized carbons (Fsp3) is 0.188. The van der Waals surface area contributed by atoms with Crippen LogP contribution in [0, 0.1) is 0 Å². The first-order chi connectivity index (χ1) is 10.0. The maximum absolute atomic E-state index is 12.5. The summed E-state index contributed by atoms with van der Waals surface area (Å²) in [6.45, 7) is 3.02. The van der Waals surface area contributed by atoms with E-state index in [0.29, 0.717) is 34.4 Å². The molecule has 0 aliphatic rings. The molecule has 0 aromatic heterocycles. The van der Waals surface area contributed by atoms with Crippen LogP contribution in [0.3, 0.4) is 0 Å². The average Bonchev–Trinajstić information content (AvgIpc) is 2.47. The number of hydrogen-bond acceptors (Lipinski definition) is 2. The van der Waals surface area contributed by atoms with E-state index in [0.717, 1.165) is 5.56 Å². The Morgan fingerprint density at radius 2 is 1.95 bits per heavy atom. The van der Waals surface area contributed by atoms with E-state index in [4.69, 9.17) is 28.9 Å². The van der Waals surface area contributed by atoms with Crippen LogP contribution in [0.25, 0.3) is 0 Å². The zero-order valence-electron chi connectivity index (χ0n) is 11.6. The van der Waals surface area contributed by atoms with Crippen LogP contribution in [-0.2, 0) is 6.54 Å². The van der Waals surface area contributed by atoms with Crippen LogP contribution in [-0.4, -0.2) is 17.4 Å². The molecule has 1 amide bonds. The number of anilines is 1. The zero-order valence-corrected chi connectivity index (χ0v) is 13.2. The molecule has 5 heteroatoms. The SMILES string of the molecule is CCN(Cc1cccc(Cl)c1)C(=O)c1ccc(Cl)c(N)c1. The van der Waals surface area contributed by atoms with Crippen LogP contribution in [0.15, 0.2) is 42.5 Å². The summed E-state index contributed by atoms with van der Waals surface area (Å²) >= 11 is 11.9. The number of nitrogens with zero attached hydrogens (tertiary/aromatic N) is 1. The molecular weight excluding hydrogens is 307 g/mol. The van der Waals surface area contributed by atoms with E-state index in [-0.39, 0.29) is 5.91 Å². The third kappa shape index (κ3) is 3.90. The molecule has 21 heavy (non-hydrogen) atoms. The third-order valence-electron chi connectivity index (χ3n) is 3.17. The highest BCUT2D eigenvalue weighted by Gasteiger charge is 2.15. The van der Waals surface area contributed by atoms with Gasteiger partial charge in [0.1, 0.15) is 0 Å². The molecule has 0 aliphatic carbocycles. The quantitative estimate of drug-likeness (QED) is 0.856. The van der Waals surface area contributed by atoms with Crippen molar-refractivity contribution in [3.63, 3.8) is 0 Å². The smallest absolute Gasteiger partial charge is 0.254 e. The molecule has 0 bridgehead atoms. The van der Waals surface area contributed by atoms with Crippen LogP contribution < -0.4 is 5.73 Å². The summed E-state index contributed by atoms with van der Waals surface area (Å²) in [5, 5.41) is 1.11. The fourth-order valence-corrected chi connectivity index (χ4v) is 2.37. The Bertz CT molecular complexity index is 658. The van der Waals surface area contributed by atoms with Gasteiger partial charge in [-0.1, -0.05) is 35.3 Å². The minimum atomic E-state index is -0.0826. The van der Waals surface area contributed by atoms with Gasteiger partial charge in [0.25, 0.3) is 5.91 Å². The second kappa shape index (κ2) is 6.83. The van der Waals surface area contributed by atoms with Gasteiger partial charge in [-0.25, -0.2) is 0 Å². The zero-order chi connectivity index (χ0) is 15.4. The molecule has 2 aromatic carbocycles. The van der Waals surface area contributed by atoms with Crippen LogP contribution in [0.5, 0.6) is 0 Å². The molecule has 0 fully saturated rings. The van der Waals surface area contributed by atoms with Crippen LogP contribution in [0.2, 0.25) is 10.0 Å². The van der Waals surface area contributed by atoms with Crippen molar-refractivity contribution in [3.05, 3.63) is 63.6 Å². The van der Waals surface area contributed by atoms with Gasteiger partial charge in [-0.2, -0.15) is 0 Å². The Morgan fingerprint density at radius 3 is 2.57 bits per heavy atom. The second-order valence-electron chi connectivity index (χ2n) is 4.69. The Morgan fingerprint density at radius 1 is 1.19 bits per heavy atom. The summed E-state index contributed by atoms with van der Waals surface area (Å²) in [5.41, 5.74) is 7.67. The van der Waals surface area contributed by atoms with Crippen molar-refractivity contribution in [1.29, 1.82) is 0 Å². The van der Waals surface area contributed by atoms with Gasteiger partial charge in [-0.3, -0.25) is 4.79 Å². The Kier molecular flexibility index (Phi) is 5.10. The standard InChI is InChI=1S/C16H16Cl2N2O/c1-2-20(10-11-4-3-5-13(17)8-11)16(21)12-6-7-14(18)15(19)9-12/h3-9H,2,10,19H2,1H3. The molecule has 2 aromatic rings. The van der Waals surface area contributed by atoms with Crippen molar-refractivity contribution in [2.75, 3.05) is 12.3 Å². The van der Waals surface area contributed by atoms with E-state index in [1.165, 1.54) is 0 Å². The fourth-order valence-electron chi connectivity index (χ4n) is 2.04. The number of nitrogen functional groups attached to an aromatic ring is 1. The Labute approximate surface area is 134 Å². The summed E-state index contributed by atoms with van der Waals surface area (Å²) in [5.74, 6) is -0.0826.